The average molecular weight is 231 g/mol. The van der Waals surface area contributed by atoms with E-state index in [1.807, 2.05) is 6.07 Å². The van der Waals surface area contributed by atoms with Gasteiger partial charge < -0.3 is 5.73 Å². The lowest BCUT2D eigenvalue weighted by Crippen LogP contribution is -2.32. The molecular formula is C14H17NS. The van der Waals surface area contributed by atoms with Crippen LogP contribution in [0.25, 0.3) is 0 Å². The highest BCUT2D eigenvalue weighted by Gasteiger charge is 2.29. The minimum absolute atomic E-state index is 0.0356. The third kappa shape index (κ3) is 2.04. The molecule has 0 fully saturated rings. The van der Waals surface area contributed by atoms with Gasteiger partial charge in [-0.2, -0.15) is 0 Å². The quantitative estimate of drug-likeness (QED) is 0.856. The number of hydrogen-bond donors (Lipinski definition) is 1. The highest BCUT2D eigenvalue weighted by atomic mass is 32.1. The molecular weight excluding hydrogens is 214 g/mol. The summed E-state index contributed by atoms with van der Waals surface area (Å²) in [5.74, 6) is 0. The fourth-order valence-corrected chi connectivity index (χ4v) is 2.78. The van der Waals surface area contributed by atoms with Gasteiger partial charge in [-0.15, -0.1) is 11.3 Å². The van der Waals surface area contributed by atoms with Gasteiger partial charge in [0.2, 0.25) is 0 Å². The standard InChI is InChI=1S/C14H17NS/c1-14(2,11-7-4-3-5-8-11)13(15)12-9-6-10-16-12/h3-10,13H,15H2,1-2H3. The molecule has 0 amide bonds. The van der Waals surface area contributed by atoms with E-state index in [-0.39, 0.29) is 11.5 Å². The molecule has 0 spiro atoms. The molecule has 0 saturated heterocycles. The second-order valence-electron chi connectivity index (χ2n) is 4.58. The van der Waals surface area contributed by atoms with Crippen molar-refractivity contribution in [3.63, 3.8) is 0 Å². The Hall–Kier alpha value is -1.12. The maximum Gasteiger partial charge on any atom is 0.0482 e. The largest absolute Gasteiger partial charge is 0.323 e. The first kappa shape index (κ1) is 11.4. The van der Waals surface area contributed by atoms with Gasteiger partial charge in [-0.25, -0.2) is 0 Å². The minimum Gasteiger partial charge on any atom is -0.323 e. The molecule has 1 unspecified atom stereocenters. The fourth-order valence-electron chi connectivity index (χ4n) is 1.87. The highest BCUT2D eigenvalue weighted by molar-refractivity contribution is 7.10. The van der Waals surface area contributed by atoms with Crippen molar-refractivity contribution in [2.75, 3.05) is 0 Å². The topological polar surface area (TPSA) is 26.0 Å². The Labute approximate surface area is 101 Å². The van der Waals surface area contributed by atoms with Crippen LogP contribution in [0.3, 0.4) is 0 Å². The van der Waals surface area contributed by atoms with Gasteiger partial charge >= 0.3 is 0 Å². The summed E-state index contributed by atoms with van der Waals surface area (Å²) in [7, 11) is 0. The van der Waals surface area contributed by atoms with Crippen molar-refractivity contribution in [1.29, 1.82) is 0 Å². The molecule has 0 saturated carbocycles. The third-order valence-corrected chi connectivity index (χ3v) is 4.10. The molecule has 1 heterocycles. The Balaban J connectivity index is 2.32. The number of nitrogens with two attached hydrogens (primary N) is 1. The molecule has 1 nitrogen and oxygen atoms in total. The summed E-state index contributed by atoms with van der Waals surface area (Å²) in [6.07, 6.45) is 0. The molecule has 0 radical (unpaired) electrons. The van der Waals surface area contributed by atoms with Gasteiger partial charge in [-0.1, -0.05) is 50.2 Å². The molecule has 2 rings (SSSR count). The van der Waals surface area contributed by atoms with Crippen LogP contribution in [0.2, 0.25) is 0 Å². The number of benzene rings is 1. The summed E-state index contributed by atoms with van der Waals surface area (Å²) in [6.45, 7) is 4.40. The van der Waals surface area contributed by atoms with Crippen LogP contribution in [-0.2, 0) is 5.41 Å². The van der Waals surface area contributed by atoms with E-state index in [1.165, 1.54) is 10.4 Å². The molecule has 16 heavy (non-hydrogen) atoms. The van der Waals surface area contributed by atoms with Gasteiger partial charge in [0.15, 0.2) is 0 Å². The number of thiophene rings is 1. The summed E-state index contributed by atoms with van der Waals surface area (Å²) in [5, 5.41) is 2.08. The summed E-state index contributed by atoms with van der Waals surface area (Å²) >= 11 is 1.73. The Morgan fingerprint density at radius 2 is 1.75 bits per heavy atom. The summed E-state index contributed by atoms with van der Waals surface area (Å²) in [6, 6.07) is 14.7. The molecule has 2 heteroatoms. The molecule has 0 aliphatic rings. The predicted molar refractivity (Wildman–Crippen MR) is 70.7 cm³/mol. The molecule has 0 bridgehead atoms. The van der Waals surface area contributed by atoms with Crippen molar-refractivity contribution in [3.8, 4) is 0 Å². The van der Waals surface area contributed by atoms with E-state index in [9.17, 15) is 0 Å². The molecule has 1 atom stereocenters. The van der Waals surface area contributed by atoms with E-state index < -0.39 is 0 Å². The van der Waals surface area contributed by atoms with Gasteiger partial charge in [0.1, 0.15) is 0 Å². The van der Waals surface area contributed by atoms with Crippen molar-refractivity contribution in [1.82, 2.24) is 0 Å². The van der Waals surface area contributed by atoms with E-state index in [4.69, 9.17) is 5.73 Å². The molecule has 84 valence electrons. The zero-order valence-electron chi connectivity index (χ0n) is 9.68. The van der Waals surface area contributed by atoms with Crippen LogP contribution < -0.4 is 5.73 Å². The monoisotopic (exact) mass is 231 g/mol. The summed E-state index contributed by atoms with van der Waals surface area (Å²) in [4.78, 5) is 1.24. The van der Waals surface area contributed by atoms with E-state index in [1.54, 1.807) is 11.3 Å². The second-order valence-corrected chi connectivity index (χ2v) is 5.56. The molecule has 1 aromatic heterocycles. The van der Waals surface area contributed by atoms with Crippen molar-refractivity contribution in [3.05, 3.63) is 58.3 Å². The van der Waals surface area contributed by atoms with Gasteiger partial charge in [0.25, 0.3) is 0 Å². The van der Waals surface area contributed by atoms with E-state index in [0.29, 0.717) is 0 Å². The normalized spacial score (nSPS) is 13.7. The lowest BCUT2D eigenvalue weighted by Gasteiger charge is -2.31. The van der Waals surface area contributed by atoms with Crippen molar-refractivity contribution in [2.45, 2.75) is 25.3 Å². The van der Waals surface area contributed by atoms with Crippen molar-refractivity contribution in [2.24, 2.45) is 5.73 Å². The first-order valence-electron chi connectivity index (χ1n) is 5.47. The van der Waals surface area contributed by atoms with Gasteiger partial charge in [-0.3, -0.25) is 0 Å². The average Bonchev–Trinajstić information content (AvgIpc) is 2.82. The first-order valence-corrected chi connectivity index (χ1v) is 6.35. The Kier molecular flexibility index (Phi) is 3.13. The second kappa shape index (κ2) is 4.40. The molecule has 2 aromatic rings. The number of hydrogen-bond acceptors (Lipinski definition) is 2. The van der Waals surface area contributed by atoms with E-state index in [0.717, 1.165) is 0 Å². The van der Waals surface area contributed by atoms with E-state index >= 15 is 0 Å². The first-order chi connectivity index (χ1) is 7.62. The van der Waals surface area contributed by atoms with Crippen LogP contribution in [0, 0.1) is 0 Å². The van der Waals surface area contributed by atoms with Crippen LogP contribution in [-0.4, -0.2) is 0 Å². The van der Waals surface area contributed by atoms with Crippen molar-refractivity contribution < 1.29 is 0 Å². The molecule has 1 aromatic carbocycles. The lowest BCUT2D eigenvalue weighted by atomic mass is 9.77. The molecule has 0 aliphatic carbocycles. The lowest BCUT2D eigenvalue weighted by molar-refractivity contribution is 0.426. The maximum atomic E-state index is 6.36. The maximum absolute atomic E-state index is 6.36. The summed E-state index contributed by atoms with van der Waals surface area (Å²) < 4.78 is 0. The smallest absolute Gasteiger partial charge is 0.0482 e. The summed E-state index contributed by atoms with van der Waals surface area (Å²) in [5.41, 5.74) is 7.61. The SMILES string of the molecule is CC(C)(c1ccccc1)C(N)c1cccs1. The van der Waals surface area contributed by atoms with Crippen LogP contribution in [0.5, 0.6) is 0 Å². The highest BCUT2D eigenvalue weighted by Crippen LogP contribution is 2.36. The minimum atomic E-state index is -0.0356. The van der Waals surface area contributed by atoms with Crippen LogP contribution in [0.15, 0.2) is 47.8 Å². The number of rotatable bonds is 3. The van der Waals surface area contributed by atoms with Gasteiger partial charge in [0, 0.05) is 16.3 Å². The Bertz CT molecular complexity index is 431. The zero-order valence-corrected chi connectivity index (χ0v) is 10.5. The molecule has 2 N–H and O–H groups in total. The Morgan fingerprint density at radius 3 is 2.31 bits per heavy atom. The third-order valence-electron chi connectivity index (χ3n) is 3.15. The Morgan fingerprint density at radius 1 is 1.06 bits per heavy atom. The fraction of sp³-hybridized carbons (Fsp3) is 0.286. The van der Waals surface area contributed by atoms with Gasteiger partial charge in [-0.05, 0) is 17.0 Å². The van der Waals surface area contributed by atoms with E-state index in [2.05, 4.69) is 55.6 Å². The predicted octanol–water partition coefficient (Wildman–Crippen LogP) is 3.73. The van der Waals surface area contributed by atoms with Crippen LogP contribution in [0.4, 0.5) is 0 Å². The molecule has 0 aliphatic heterocycles. The van der Waals surface area contributed by atoms with Crippen molar-refractivity contribution >= 4 is 11.3 Å². The van der Waals surface area contributed by atoms with Gasteiger partial charge in [0.05, 0.1) is 0 Å². The zero-order chi connectivity index (χ0) is 11.6. The van der Waals surface area contributed by atoms with Crippen LogP contribution in [0.1, 0.15) is 30.3 Å². The van der Waals surface area contributed by atoms with Crippen LogP contribution >= 0.6 is 11.3 Å².